The molecule has 0 radical (unpaired) electrons. The van der Waals surface area contributed by atoms with Crippen molar-refractivity contribution in [3.05, 3.63) is 58.6 Å². The molecule has 2 aromatic carbocycles. The normalized spacial score (nSPS) is 11.4. The van der Waals surface area contributed by atoms with Gasteiger partial charge in [-0.3, -0.25) is 10.1 Å². The number of carbonyl (C=O) groups is 1. The number of esters is 1. The number of ether oxygens (including phenoxy) is 3. The van der Waals surface area contributed by atoms with Gasteiger partial charge in [-0.15, -0.1) is 0 Å². The second-order valence-corrected chi connectivity index (χ2v) is 4.61. The van der Waals surface area contributed by atoms with Crippen LogP contribution >= 0.6 is 0 Å². The molecular formula is C16H15NO6. The van der Waals surface area contributed by atoms with Crippen LogP contribution in [0.3, 0.4) is 0 Å². The molecule has 23 heavy (non-hydrogen) atoms. The van der Waals surface area contributed by atoms with E-state index >= 15 is 0 Å². The van der Waals surface area contributed by atoms with E-state index in [-0.39, 0.29) is 11.4 Å². The number of rotatable bonds is 6. The van der Waals surface area contributed by atoms with Gasteiger partial charge in [0, 0.05) is 12.1 Å². The standard InChI is InChI=1S/C16H15NO6/c1-11(22-14-9-7-13(21-2)8-10-14)16(18)23-15-5-3-12(4-6-15)17(19)20/h3-11H,1-2H3. The number of hydrogen-bond donors (Lipinski definition) is 0. The molecule has 0 amide bonds. The van der Waals surface area contributed by atoms with Crippen molar-refractivity contribution in [3.8, 4) is 17.2 Å². The van der Waals surface area contributed by atoms with E-state index in [1.54, 1.807) is 38.3 Å². The molecule has 0 N–H and O–H groups in total. The molecule has 0 fully saturated rings. The van der Waals surface area contributed by atoms with Crippen molar-refractivity contribution in [2.45, 2.75) is 13.0 Å². The summed E-state index contributed by atoms with van der Waals surface area (Å²) in [5.41, 5.74) is -0.0765. The summed E-state index contributed by atoms with van der Waals surface area (Å²) < 4.78 is 15.6. The van der Waals surface area contributed by atoms with Crippen LogP contribution in [0.5, 0.6) is 17.2 Å². The third kappa shape index (κ3) is 4.44. The second kappa shape index (κ2) is 7.26. The van der Waals surface area contributed by atoms with Crippen LogP contribution in [0.4, 0.5) is 5.69 Å². The number of hydrogen-bond acceptors (Lipinski definition) is 6. The van der Waals surface area contributed by atoms with Gasteiger partial charge in [0.05, 0.1) is 12.0 Å². The highest BCUT2D eigenvalue weighted by Crippen LogP contribution is 2.20. The zero-order chi connectivity index (χ0) is 16.8. The van der Waals surface area contributed by atoms with Crippen molar-refractivity contribution in [2.75, 3.05) is 7.11 Å². The fraction of sp³-hybridized carbons (Fsp3) is 0.188. The van der Waals surface area contributed by atoms with Gasteiger partial charge in [0.1, 0.15) is 17.2 Å². The van der Waals surface area contributed by atoms with Gasteiger partial charge in [0.25, 0.3) is 5.69 Å². The van der Waals surface area contributed by atoms with Gasteiger partial charge in [-0.05, 0) is 43.3 Å². The van der Waals surface area contributed by atoms with Crippen molar-refractivity contribution in [2.24, 2.45) is 0 Å². The molecule has 120 valence electrons. The molecular weight excluding hydrogens is 302 g/mol. The van der Waals surface area contributed by atoms with E-state index in [2.05, 4.69) is 0 Å². The third-order valence-corrected chi connectivity index (χ3v) is 2.97. The highest BCUT2D eigenvalue weighted by molar-refractivity contribution is 5.77. The molecule has 0 saturated carbocycles. The van der Waals surface area contributed by atoms with E-state index in [1.807, 2.05) is 0 Å². The van der Waals surface area contributed by atoms with Gasteiger partial charge in [0.15, 0.2) is 6.10 Å². The SMILES string of the molecule is COc1ccc(OC(C)C(=O)Oc2ccc([N+](=O)[O-])cc2)cc1. The quantitative estimate of drug-likeness (QED) is 0.352. The Hall–Kier alpha value is -3.09. The maximum absolute atomic E-state index is 12.0. The number of benzene rings is 2. The Morgan fingerprint density at radius 1 is 1.00 bits per heavy atom. The summed E-state index contributed by atoms with van der Waals surface area (Å²) in [5.74, 6) is 0.790. The van der Waals surface area contributed by atoms with E-state index in [9.17, 15) is 14.9 Å². The van der Waals surface area contributed by atoms with Crippen LogP contribution in [0, 0.1) is 10.1 Å². The molecule has 0 spiro atoms. The molecule has 1 unspecified atom stereocenters. The smallest absolute Gasteiger partial charge is 0.352 e. The molecule has 0 bridgehead atoms. The lowest BCUT2D eigenvalue weighted by Gasteiger charge is -2.14. The highest BCUT2D eigenvalue weighted by atomic mass is 16.6. The molecule has 0 aliphatic rings. The van der Waals surface area contributed by atoms with Gasteiger partial charge >= 0.3 is 5.97 Å². The Morgan fingerprint density at radius 3 is 2.04 bits per heavy atom. The van der Waals surface area contributed by atoms with Crippen LogP contribution in [0.2, 0.25) is 0 Å². The molecule has 2 aromatic rings. The molecule has 2 rings (SSSR count). The van der Waals surface area contributed by atoms with E-state index in [0.29, 0.717) is 11.5 Å². The number of methoxy groups -OCH3 is 1. The topological polar surface area (TPSA) is 87.9 Å². The van der Waals surface area contributed by atoms with Crippen LogP contribution in [0.25, 0.3) is 0 Å². The number of carbonyl (C=O) groups excluding carboxylic acids is 1. The van der Waals surface area contributed by atoms with Crippen LogP contribution in [-0.2, 0) is 4.79 Å². The summed E-state index contributed by atoms with van der Waals surface area (Å²) in [4.78, 5) is 22.0. The van der Waals surface area contributed by atoms with E-state index in [0.717, 1.165) is 0 Å². The molecule has 7 nitrogen and oxygen atoms in total. The summed E-state index contributed by atoms with van der Waals surface area (Å²) in [6, 6.07) is 12.0. The zero-order valence-electron chi connectivity index (χ0n) is 12.6. The van der Waals surface area contributed by atoms with Crippen LogP contribution in [0.15, 0.2) is 48.5 Å². The Labute approximate surface area is 132 Å². The van der Waals surface area contributed by atoms with Crippen molar-refractivity contribution >= 4 is 11.7 Å². The lowest BCUT2D eigenvalue weighted by molar-refractivity contribution is -0.384. The Kier molecular flexibility index (Phi) is 5.14. The fourth-order valence-corrected chi connectivity index (χ4v) is 1.74. The predicted octanol–water partition coefficient (Wildman–Crippen LogP) is 2.98. The molecule has 0 aliphatic carbocycles. The first-order chi connectivity index (χ1) is 11.0. The Bertz CT molecular complexity index is 681. The van der Waals surface area contributed by atoms with Gasteiger partial charge in [-0.1, -0.05) is 0 Å². The lowest BCUT2D eigenvalue weighted by Crippen LogP contribution is -2.28. The number of nitro benzene ring substituents is 1. The Morgan fingerprint density at radius 2 is 1.52 bits per heavy atom. The molecule has 0 aromatic heterocycles. The molecule has 0 saturated heterocycles. The number of nitro groups is 1. The Balaban J connectivity index is 1.94. The third-order valence-electron chi connectivity index (χ3n) is 2.97. The summed E-state index contributed by atoms with van der Waals surface area (Å²) >= 11 is 0. The van der Waals surface area contributed by atoms with Gasteiger partial charge in [0.2, 0.25) is 0 Å². The van der Waals surface area contributed by atoms with Crippen LogP contribution < -0.4 is 14.2 Å². The summed E-state index contributed by atoms with van der Waals surface area (Å²) in [7, 11) is 1.56. The average molecular weight is 317 g/mol. The van der Waals surface area contributed by atoms with Gasteiger partial charge < -0.3 is 14.2 Å². The molecule has 0 aliphatic heterocycles. The van der Waals surface area contributed by atoms with Gasteiger partial charge in [-0.2, -0.15) is 0 Å². The minimum Gasteiger partial charge on any atom is -0.497 e. The summed E-state index contributed by atoms with van der Waals surface area (Å²) in [6.07, 6.45) is -0.835. The minimum atomic E-state index is -0.835. The van der Waals surface area contributed by atoms with Crippen molar-refractivity contribution in [1.82, 2.24) is 0 Å². The van der Waals surface area contributed by atoms with E-state index in [4.69, 9.17) is 14.2 Å². The summed E-state index contributed by atoms with van der Waals surface area (Å²) in [5, 5.41) is 10.6. The monoisotopic (exact) mass is 317 g/mol. The zero-order valence-corrected chi connectivity index (χ0v) is 12.6. The summed E-state index contributed by atoms with van der Waals surface area (Å²) in [6.45, 7) is 1.55. The lowest BCUT2D eigenvalue weighted by atomic mass is 10.3. The number of nitrogens with zero attached hydrogens (tertiary/aromatic N) is 1. The molecule has 0 heterocycles. The van der Waals surface area contributed by atoms with Crippen LogP contribution in [-0.4, -0.2) is 24.1 Å². The predicted molar refractivity (Wildman–Crippen MR) is 81.8 cm³/mol. The first-order valence-corrected chi connectivity index (χ1v) is 6.76. The fourth-order valence-electron chi connectivity index (χ4n) is 1.74. The number of non-ortho nitro benzene ring substituents is 1. The van der Waals surface area contributed by atoms with E-state index < -0.39 is 17.0 Å². The van der Waals surface area contributed by atoms with Crippen LogP contribution in [0.1, 0.15) is 6.92 Å². The largest absolute Gasteiger partial charge is 0.497 e. The average Bonchev–Trinajstić information content (AvgIpc) is 2.56. The van der Waals surface area contributed by atoms with Crippen molar-refractivity contribution in [1.29, 1.82) is 0 Å². The minimum absolute atomic E-state index is 0.0765. The maximum atomic E-state index is 12.0. The van der Waals surface area contributed by atoms with Crippen molar-refractivity contribution < 1.29 is 23.9 Å². The van der Waals surface area contributed by atoms with Gasteiger partial charge in [-0.25, -0.2) is 4.79 Å². The second-order valence-electron chi connectivity index (χ2n) is 4.61. The van der Waals surface area contributed by atoms with Crippen molar-refractivity contribution in [3.63, 3.8) is 0 Å². The first-order valence-electron chi connectivity index (χ1n) is 6.76. The first kappa shape index (κ1) is 16.3. The highest BCUT2D eigenvalue weighted by Gasteiger charge is 2.18. The molecule has 7 heteroatoms. The van der Waals surface area contributed by atoms with E-state index in [1.165, 1.54) is 24.3 Å². The molecule has 1 atom stereocenters. The maximum Gasteiger partial charge on any atom is 0.352 e.